The average molecular weight is 365 g/mol. The normalized spacial score (nSPS) is 20.5. The van der Waals surface area contributed by atoms with Crippen LogP contribution in [0.2, 0.25) is 0 Å². The van der Waals surface area contributed by atoms with Gasteiger partial charge in [-0.3, -0.25) is 4.79 Å². The van der Waals surface area contributed by atoms with Gasteiger partial charge in [0.15, 0.2) is 17.2 Å². The fourth-order valence-electron chi connectivity index (χ4n) is 4.15. The minimum atomic E-state index is -0.0511. The number of carbonyl (C=O) groups is 1. The minimum Gasteiger partial charge on any atom is -0.459 e. The van der Waals surface area contributed by atoms with Gasteiger partial charge in [-0.15, -0.1) is 0 Å². The van der Waals surface area contributed by atoms with Crippen LogP contribution in [0.5, 0.6) is 0 Å². The quantitative estimate of drug-likeness (QED) is 0.714. The smallest absolute Gasteiger partial charge is 0.289 e. The Hall–Kier alpha value is -2.83. The van der Waals surface area contributed by atoms with Crippen LogP contribution in [0, 0.1) is 0 Å². The highest BCUT2D eigenvalue weighted by molar-refractivity contribution is 5.91. The summed E-state index contributed by atoms with van der Waals surface area (Å²) in [5.41, 5.74) is 2.07. The number of aromatic nitrogens is 3. The zero-order valence-electron chi connectivity index (χ0n) is 15.3. The molecule has 2 aliphatic heterocycles. The molecule has 0 spiro atoms. The molecule has 1 atom stereocenters. The van der Waals surface area contributed by atoms with Gasteiger partial charge in [0.05, 0.1) is 18.1 Å². The van der Waals surface area contributed by atoms with Gasteiger partial charge >= 0.3 is 0 Å². The number of hydrogen-bond donors (Lipinski definition) is 0. The molecule has 0 unspecified atom stereocenters. The molecule has 3 aromatic heterocycles. The van der Waals surface area contributed by atoms with E-state index in [0.29, 0.717) is 12.3 Å². The fourth-order valence-corrected chi connectivity index (χ4v) is 4.15. The van der Waals surface area contributed by atoms with Gasteiger partial charge in [-0.05, 0) is 49.9 Å². The summed E-state index contributed by atoms with van der Waals surface area (Å²) in [5, 5.41) is 4.74. The maximum Gasteiger partial charge on any atom is 0.289 e. The minimum absolute atomic E-state index is 0.0511. The van der Waals surface area contributed by atoms with E-state index in [-0.39, 0.29) is 11.8 Å². The summed E-state index contributed by atoms with van der Waals surface area (Å²) in [6.07, 6.45) is 8.07. The van der Waals surface area contributed by atoms with E-state index in [4.69, 9.17) is 14.5 Å². The van der Waals surface area contributed by atoms with E-state index in [1.165, 1.54) is 24.8 Å². The monoisotopic (exact) mass is 365 g/mol. The van der Waals surface area contributed by atoms with Crippen molar-refractivity contribution in [1.29, 1.82) is 0 Å². The van der Waals surface area contributed by atoms with Gasteiger partial charge in [0.2, 0.25) is 0 Å². The first kappa shape index (κ1) is 16.4. The number of hydrogen-bond acceptors (Lipinski definition) is 5. The molecule has 3 aromatic rings. The van der Waals surface area contributed by atoms with Crippen molar-refractivity contribution in [2.75, 3.05) is 31.1 Å². The third-order valence-electron chi connectivity index (χ3n) is 5.61. The van der Waals surface area contributed by atoms with Crippen LogP contribution in [-0.2, 0) is 0 Å². The second-order valence-electron chi connectivity index (χ2n) is 7.42. The lowest BCUT2D eigenvalue weighted by Gasteiger charge is -2.30. The van der Waals surface area contributed by atoms with Gasteiger partial charge in [0.25, 0.3) is 5.91 Å². The number of rotatable bonds is 3. The molecule has 7 nitrogen and oxygen atoms in total. The molecule has 5 rings (SSSR count). The number of anilines is 1. The zero-order valence-corrected chi connectivity index (χ0v) is 15.3. The lowest BCUT2D eigenvalue weighted by atomic mass is 9.97. The van der Waals surface area contributed by atoms with Crippen LogP contribution in [0.15, 0.2) is 41.1 Å². The number of furan rings is 1. The summed E-state index contributed by atoms with van der Waals surface area (Å²) in [5.74, 6) is 1.33. The third kappa shape index (κ3) is 3.07. The second-order valence-corrected chi connectivity index (χ2v) is 7.42. The van der Waals surface area contributed by atoms with Crippen LogP contribution in [0.25, 0.3) is 5.65 Å². The summed E-state index contributed by atoms with van der Waals surface area (Å²) in [4.78, 5) is 21.6. The highest BCUT2D eigenvalue weighted by Gasteiger charge is 2.29. The molecule has 0 aromatic carbocycles. The van der Waals surface area contributed by atoms with Crippen LogP contribution in [0.3, 0.4) is 0 Å². The van der Waals surface area contributed by atoms with E-state index < -0.39 is 0 Å². The molecule has 0 radical (unpaired) electrons. The van der Waals surface area contributed by atoms with E-state index >= 15 is 0 Å². The lowest BCUT2D eigenvalue weighted by Crippen LogP contribution is -2.39. The van der Waals surface area contributed by atoms with Gasteiger partial charge < -0.3 is 14.2 Å². The van der Waals surface area contributed by atoms with Crippen LogP contribution in [0.4, 0.5) is 5.69 Å². The number of likely N-dealkylation sites (tertiary alicyclic amines) is 1. The summed E-state index contributed by atoms with van der Waals surface area (Å²) in [7, 11) is 0. The molecule has 0 bridgehead atoms. The van der Waals surface area contributed by atoms with Crippen molar-refractivity contribution in [2.24, 2.45) is 0 Å². The highest BCUT2D eigenvalue weighted by atomic mass is 16.3. The number of nitrogens with zero attached hydrogens (tertiary/aromatic N) is 5. The molecule has 27 heavy (non-hydrogen) atoms. The van der Waals surface area contributed by atoms with Gasteiger partial charge in [0, 0.05) is 32.1 Å². The van der Waals surface area contributed by atoms with Crippen LogP contribution in [0.1, 0.15) is 48.0 Å². The van der Waals surface area contributed by atoms with Crippen LogP contribution < -0.4 is 4.90 Å². The molecule has 0 saturated carbocycles. The molecule has 0 aliphatic carbocycles. The van der Waals surface area contributed by atoms with Gasteiger partial charge in [0.1, 0.15) is 0 Å². The van der Waals surface area contributed by atoms with Crippen molar-refractivity contribution in [3.8, 4) is 0 Å². The SMILES string of the molecule is O=C(c1ccco1)N1CCC[C@@H](c2nc3ccc(N4CCCC4)cn3n2)C1. The van der Waals surface area contributed by atoms with Crippen molar-refractivity contribution < 1.29 is 9.21 Å². The van der Waals surface area contributed by atoms with E-state index in [1.807, 2.05) is 15.5 Å². The van der Waals surface area contributed by atoms with E-state index in [1.54, 1.807) is 12.1 Å². The Kier molecular flexibility index (Phi) is 4.07. The average Bonchev–Trinajstić information content (AvgIpc) is 3.48. The Labute approximate surface area is 157 Å². The highest BCUT2D eigenvalue weighted by Crippen LogP contribution is 2.27. The van der Waals surface area contributed by atoms with Gasteiger partial charge in [-0.25, -0.2) is 9.50 Å². The first-order valence-corrected chi connectivity index (χ1v) is 9.72. The van der Waals surface area contributed by atoms with Crippen molar-refractivity contribution in [2.45, 2.75) is 31.6 Å². The van der Waals surface area contributed by atoms with Crippen molar-refractivity contribution in [3.05, 3.63) is 48.3 Å². The van der Waals surface area contributed by atoms with Crippen molar-refractivity contribution in [3.63, 3.8) is 0 Å². The fraction of sp³-hybridized carbons (Fsp3) is 0.450. The number of carbonyl (C=O) groups excluding carboxylic acids is 1. The number of pyridine rings is 1. The van der Waals surface area contributed by atoms with E-state index in [0.717, 1.165) is 43.9 Å². The molecule has 140 valence electrons. The van der Waals surface area contributed by atoms with Crippen molar-refractivity contribution in [1.82, 2.24) is 19.5 Å². The Morgan fingerprint density at radius 3 is 2.81 bits per heavy atom. The molecule has 1 amide bonds. The molecular formula is C20H23N5O2. The molecule has 2 saturated heterocycles. The maximum atomic E-state index is 12.6. The van der Waals surface area contributed by atoms with E-state index in [9.17, 15) is 4.79 Å². The summed E-state index contributed by atoms with van der Waals surface area (Å²) >= 11 is 0. The van der Waals surface area contributed by atoms with E-state index in [2.05, 4.69) is 17.2 Å². The Bertz CT molecular complexity index is 943. The first-order chi connectivity index (χ1) is 13.3. The summed E-state index contributed by atoms with van der Waals surface area (Å²) < 4.78 is 7.15. The predicted octanol–water partition coefficient (Wildman–Crippen LogP) is 2.94. The Morgan fingerprint density at radius 1 is 1.11 bits per heavy atom. The number of fused-ring (bicyclic) bond motifs is 1. The second kappa shape index (κ2) is 6.72. The largest absolute Gasteiger partial charge is 0.459 e. The van der Waals surface area contributed by atoms with Gasteiger partial charge in [-0.1, -0.05) is 0 Å². The van der Waals surface area contributed by atoms with Crippen LogP contribution >= 0.6 is 0 Å². The number of piperidine rings is 1. The zero-order chi connectivity index (χ0) is 18.2. The molecule has 7 heteroatoms. The molecule has 2 fully saturated rings. The van der Waals surface area contributed by atoms with Crippen molar-refractivity contribution >= 4 is 17.2 Å². The Balaban J connectivity index is 1.37. The molecule has 5 heterocycles. The summed E-state index contributed by atoms with van der Waals surface area (Å²) in [6, 6.07) is 7.64. The topological polar surface area (TPSA) is 66.9 Å². The number of amides is 1. The standard InChI is InChI=1S/C20H23N5O2/c26-20(17-6-4-12-27-17)24-11-3-5-15(13-24)19-21-18-8-7-16(14-25(18)22-19)23-9-1-2-10-23/h4,6-8,12,14-15H,1-3,5,9-11,13H2/t15-/m1/s1. The lowest BCUT2D eigenvalue weighted by molar-refractivity contribution is 0.0672. The Morgan fingerprint density at radius 2 is 2.00 bits per heavy atom. The molecule has 0 N–H and O–H groups in total. The van der Waals surface area contributed by atoms with Gasteiger partial charge in [-0.2, -0.15) is 5.10 Å². The molecular weight excluding hydrogens is 342 g/mol. The first-order valence-electron chi connectivity index (χ1n) is 9.72. The third-order valence-corrected chi connectivity index (χ3v) is 5.61. The molecule has 2 aliphatic rings. The maximum absolute atomic E-state index is 12.6. The van der Waals surface area contributed by atoms with Crippen LogP contribution in [-0.4, -0.2) is 51.6 Å². The predicted molar refractivity (Wildman–Crippen MR) is 101 cm³/mol. The summed E-state index contributed by atoms with van der Waals surface area (Å²) in [6.45, 7) is 3.61.